The van der Waals surface area contributed by atoms with Crippen LogP contribution < -0.4 is 4.90 Å². The number of rotatable bonds is 6. The molecule has 2 aromatic rings. The van der Waals surface area contributed by atoms with Crippen molar-refractivity contribution in [2.45, 2.75) is 12.8 Å². The molecule has 5 nitrogen and oxygen atoms in total. The van der Waals surface area contributed by atoms with Gasteiger partial charge in [-0.05, 0) is 43.7 Å². The van der Waals surface area contributed by atoms with E-state index in [0.29, 0.717) is 23.4 Å². The molecule has 0 aromatic heterocycles. The Labute approximate surface area is 164 Å². The molecule has 0 N–H and O–H groups in total. The second kappa shape index (κ2) is 8.10. The number of fused-ring (bicyclic) bond motifs is 1. The zero-order chi connectivity index (χ0) is 19.5. The zero-order valence-electron chi connectivity index (χ0n) is 15.8. The van der Waals surface area contributed by atoms with Crippen molar-refractivity contribution in [3.05, 3.63) is 65.5 Å². The van der Waals surface area contributed by atoms with Gasteiger partial charge < -0.3 is 4.90 Å². The summed E-state index contributed by atoms with van der Waals surface area (Å²) < 4.78 is 13.9. The summed E-state index contributed by atoms with van der Waals surface area (Å²) in [5.74, 6) is -0.532. The van der Waals surface area contributed by atoms with E-state index in [1.807, 2.05) is 12.1 Å². The van der Waals surface area contributed by atoms with Crippen LogP contribution in [0.5, 0.6) is 0 Å². The highest BCUT2D eigenvalue weighted by molar-refractivity contribution is 6.21. The van der Waals surface area contributed by atoms with Gasteiger partial charge in [0, 0.05) is 32.7 Å². The summed E-state index contributed by atoms with van der Waals surface area (Å²) >= 11 is 0. The molecule has 0 bridgehead atoms. The molecular formula is C22H24FN3O2. The van der Waals surface area contributed by atoms with Crippen molar-refractivity contribution in [2.75, 3.05) is 44.2 Å². The fourth-order valence-corrected chi connectivity index (χ4v) is 3.97. The highest BCUT2D eigenvalue weighted by Crippen LogP contribution is 2.23. The van der Waals surface area contributed by atoms with Crippen molar-refractivity contribution in [2.24, 2.45) is 0 Å². The zero-order valence-corrected chi connectivity index (χ0v) is 15.8. The Kier molecular flexibility index (Phi) is 5.39. The van der Waals surface area contributed by atoms with E-state index in [1.54, 1.807) is 30.3 Å². The Balaban J connectivity index is 1.21. The van der Waals surface area contributed by atoms with Gasteiger partial charge in [-0.3, -0.25) is 19.4 Å². The number of hydrogen-bond donors (Lipinski definition) is 0. The fourth-order valence-electron chi connectivity index (χ4n) is 3.97. The number of amides is 2. The lowest BCUT2D eigenvalue weighted by atomic mass is 10.1. The molecule has 1 saturated heterocycles. The predicted molar refractivity (Wildman–Crippen MR) is 106 cm³/mol. The molecule has 2 heterocycles. The van der Waals surface area contributed by atoms with Gasteiger partial charge in [-0.1, -0.05) is 24.3 Å². The summed E-state index contributed by atoms with van der Waals surface area (Å²) in [4.78, 5) is 30.5. The van der Waals surface area contributed by atoms with Crippen LogP contribution in [0.2, 0.25) is 0 Å². The van der Waals surface area contributed by atoms with E-state index in [9.17, 15) is 14.0 Å². The molecule has 146 valence electrons. The van der Waals surface area contributed by atoms with Gasteiger partial charge in [0.1, 0.15) is 5.82 Å². The van der Waals surface area contributed by atoms with E-state index in [1.165, 1.54) is 11.0 Å². The first-order chi connectivity index (χ1) is 13.6. The lowest BCUT2D eigenvalue weighted by Crippen LogP contribution is -2.47. The molecule has 0 spiro atoms. The third-order valence-electron chi connectivity index (χ3n) is 5.55. The maximum absolute atomic E-state index is 13.9. The summed E-state index contributed by atoms with van der Waals surface area (Å²) in [6.45, 7) is 4.78. The van der Waals surface area contributed by atoms with Gasteiger partial charge in [-0.2, -0.15) is 0 Å². The number of carbonyl (C=O) groups is 2. The predicted octanol–water partition coefficient (Wildman–Crippen LogP) is 3.02. The van der Waals surface area contributed by atoms with Crippen LogP contribution in [-0.4, -0.2) is 60.9 Å². The fraction of sp³-hybridized carbons (Fsp3) is 0.364. The Hall–Kier alpha value is -2.73. The number of piperazine rings is 1. The topological polar surface area (TPSA) is 43.9 Å². The number of carbonyl (C=O) groups excluding carboxylic acids is 2. The number of benzene rings is 2. The van der Waals surface area contributed by atoms with Crippen LogP contribution in [0, 0.1) is 5.82 Å². The van der Waals surface area contributed by atoms with Crippen molar-refractivity contribution in [3.63, 3.8) is 0 Å². The Morgan fingerprint density at radius 1 is 0.750 bits per heavy atom. The van der Waals surface area contributed by atoms with E-state index in [2.05, 4.69) is 9.80 Å². The second-order valence-corrected chi connectivity index (χ2v) is 7.29. The minimum atomic E-state index is -0.181. The van der Waals surface area contributed by atoms with Gasteiger partial charge in [0.05, 0.1) is 16.8 Å². The van der Waals surface area contributed by atoms with Crippen LogP contribution in [0.15, 0.2) is 48.5 Å². The average molecular weight is 381 g/mol. The van der Waals surface area contributed by atoms with E-state index in [-0.39, 0.29) is 17.6 Å². The van der Waals surface area contributed by atoms with Gasteiger partial charge in [0.25, 0.3) is 11.8 Å². The molecule has 0 aliphatic carbocycles. The molecule has 2 aliphatic heterocycles. The molecule has 0 saturated carbocycles. The lowest BCUT2D eigenvalue weighted by Gasteiger charge is -2.36. The Morgan fingerprint density at radius 3 is 1.96 bits per heavy atom. The van der Waals surface area contributed by atoms with Crippen molar-refractivity contribution in [1.82, 2.24) is 9.80 Å². The monoisotopic (exact) mass is 381 g/mol. The maximum Gasteiger partial charge on any atom is 0.261 e. The van der Waals surface area contributed by atoms with Crippen LogP contribution >= 0.6 is 0 Å². The van der Waals surface area contributed by atoms with Crippen molar-refractivity contribution >= 4 is 17.5 Å². The molecule has 4 rings (SSSR count). The molecule has 2 amide bonds. The van der Waals surface area contributed by atoms with Gasteiger partial charge >= 0.3 is 0 Å². The van der Waals surface area contributed by atoms with Gasteiger partial charge in [-0.15, -0.1) is 0 Å². The average Bonchev–Trinajstić information content (AvgIpc) is 2.97. The number of anilines is 1. The SMILES string of the molecule is O=C1c2ccccc2C(=O)N1CCCCN1CCN(c2ccccc2F)CC1. The van der Waals surface area contributed by atoms with Crippen LogP contribution in [0.4, 0.5) is 10.1 Å². The van der Waals surface area contributed by atoms with Crippen LogP contribution in [0.1, 0.15) is 33.6 Å². The molecule has 2 aromatic carbocycles. The van der Waals surface area contributed by atoms with Gasteiger partial charge in [0.15, 0.2) is 0 Å². The molecule has 28 heavy (non-hydrogen) atoms. The number of imide groups is 1. The molecule has 6 heteroatoms. The summed E-state index contributed by atoms with van der Waals surface area (Å²) in [6.07, 6.45) is 1.71. The van der Waals surface area contributed by atoms with E-state index in [4.69, 9.17) is 0 Å². The number of para-hydroxylation sites is 1. The minimum absolute atomic E-state index is 0.170. The normalized spacial score (nSPS) is 17.3. The highest BCUT2D eigenvalue weighted by Gasteiger charge is 2.34. The van der Waals surface area contributed by atoms with E-state index in [0.717, 1.165) is 45.6 Å². The molecule has 0 atom stereocenters. The highest BCUT2D eigenvalue weighted by atomic mass is 19.1. The summed E-state index contributed by atoms with van der Waals surface area (Å²) in [5, 5.41) is 0. The number of nitrogens with zero attached hydrogens (tertiary/aromatic N) is 3. The molecule has 0 radical (unpaired) electrons. The quantitative estimate of drug-likeness (QED) is 0.570. The minimum Gasteiger partial charge on any atom is -0.367 e. The number of hydrogen-bond acceptors (Lipinski definition) is 4. The first-order valence-corrected chi connectivity index (χ1v) is 9.82. The van der Waals surface area contributed by atoms with Gasteiger partial charge in [-0.25, -0.2) is 4.39 Å². The van der Waals surface area contributed by atoms with Crippen molar-refractivity contribution in [3.8, 4) is 0 Å². The molecule has 1 fully saturated rings. The summed E-state index contributed by atoms with van der Waals surface area (Å²) in [7, 11) is 0. The second-order valence-electron chi connectivity index (χ2n) is 7.29. The standard InChI is InChI=1S/C22H24FN3O2/c23-19-9-3-4-10-20(19)25-15-13-24(14-16-25)11-5-6-12-26-21(27)17-7-1-2-8-18(17)22(26)28/h1-4,7-10H,5-6,11-16H2. The molecular weight excluding hydrogens is 357 g/mol. The van der Waals surface area contributed by atoms with Gasteiger partial charge in [0.2, 0.25) is 0 Å². The van der Waals surface area contributed by atoms with Crippen molar-refractivity contribution < 1.29 is 14.0 Å². The van der Waals surface area contributed by atoms with Crippen LogP contribution in [-0.2, 0) is 0 Å². The maximum atomic E-state index is 13.9. The lowest BCUT2D eigenvalue weighted by molar-refractivity contribution is 0.0650. The third kappa shape index (κ3) is 3.64. The number of halogens is 1. The van der Waals surface area contributed by atoms with Crippen LogP contribution in [0.25, 0.3) is 0 Å². The molecule has 0 unspecified atom stereocenters. The molecule has 2 aliphatic rings. The Bertz CT molecular complexity index is 843. The van der Waals surface area contributed by atoms with Crippen molar-refractivity contribution in [1.29, 1.82) is 0 Å². The van der Waals surface area contributed by atoms with E-state index < -0.39 is 0 Å². The van der Waals surface area contributed by atoms with Crippen LogP contribution in [0.3, 0.4) is 0 Å². The smallest absolute Gasteiger partial charge is 0.261 e. The third-order valence-corrected chi connectivity index (χ3v) is 5.55. The first-order valence-electron chi connectivity index (χ1n) is 9.82. The summed E-state index contributed by atoms with van der Waals surface area (Å²) in [5.41, 5.74) is 1.70. The van der Waals surface area contributed by atoms with E-state index >= 15 is 0 Å². The Morgan fingerprint density at radius 2 is 1.32 bits per heavy atom. The first kappa shape index (κ1) is 18.6. The largest absolute Gasteiger partial charge is 0.367 e. The number of unbranched alkanes of at least 4 members (excludes halogenated alkanes) is 1. The summed E-state index contributed by atoms with van der Waals surface area (Å²) in [6, 6.07) is 13.9.